The molecule has 1 atom stereocenters. The molecule has 0 aliphatic carbocycles. The van der Waals surface area contributed by atoms with Crippen LogP contribution in [0.2, 0.25) is 0 Å². The number of nitrogens with zero attached hydrogens (tertiary/aromatic N) is 1. The molecule has 0 radical (unpaired) electrons. The second-order valence-corrected chi connectivity index (χ2v) is 5.26. The van der Waals surface area contributed by atoms with Crippen molar-refractivity contribution < 1.29 is 4.79 Å². The molecule has 104 valence electrons. The van der Waals surface area contributed by atoms with E-state index in [0.29, 0.717) is 11.5 Å². The van der Waals surface area contributed by atoms with Crippen LogP contribution in [0.5, 0.6) is 0 Å². The lowest BCUT2D eigenvalue weighted by Gasteiger charge is -2.14. The summed E-state index contributed by atoms with van der Waals surface area (Å²) in [4.78, 5) is 16.2. The van der Waals surface area contributed by atoms with Crippen LogP contribution in [0.25, 0.3) is 0 Å². The largest absolute Gasteiger partial charge is 0.345 e. The highest BCUT2D eigenvalue weighted by Gasteiger charge is 2.11. The minimum absolute atomic E-state index is 0.0547. The van der Waals surface area contributed by atoms with Crippen molar-refractivity contribution in [3.05, 3.63) is 65.5 Å². The normalized spacial score (nSPS) is 12.2. The van der Waals surface area contributed by atoms with Gasteiger partial charge in [-0.05, 0) is 42.2 Å². The van der Waals surface area contributed by atoms with Crippen molar-refractivity contribution in [3.8, 4) is 0 Å². The van der Waals surface area contributed by atoms with Gasteiger partial charge in [0.1, 0.15) is 0 Å². The lowest BCUT2D eigenvalue weighted by molar-refractivity contribution is 0.0940. The highest BCUT2D eigenvalue weighted by Crippen LogP contribution is 2.16. The number of pyridine rings is 1. The average molecular weight is 268 g/mol. The van der Waals surface area contributed by atoms with E-state index in [9.17, 15) is 4.79 Å². The molecule has 0 bridgehead atoms. The average Bonchev–Trinajstić information content (AvgIpc) is 2.48. The van der Waals surface area contributed by atoms with Gasteiger partial charge in [0, 0.05) is 18.0 Å². The van der Waals surface area contributed by atoms with Gasteiger partial charge in [0.2, 0.25) is 0 Å². The first-order valence-electron chi connectivity index (χ1n) is 6.88. The van der Waals surface area contributed by atoms with Crippen molar-refractivity contribution in [2.75, 3.05) is 0 Å². The van der Waals surface area contributed by atoms with Gasteiger partial charge in [-0.2, -0.15) is 0 Å². The third kappa shape index (κ3) is 3.44. The lowest BCUT2D eigenvalue weighted by Crippen LogP contribution is -2.26. The first-order chi connectivity index (χ1) is 9.58. The topological polar surface area (TPSA) is 42.0 Å². The SMILES string of the molecule is CC(C)c1ccc(C(=O)NC(C)c2cccnc2)cc1. The Kier molecular flexibility index (Phi) is 4.51. The van der Waals surface area contributed by atoms with Crippen LogP contribution in [0.3, 0.4) is 0 Å². The van der Waals surface area contributed by atoms with Gasteiger partial charge in [-0.1, -0.05) is 32.0 Å². The second kappa shape index (κ2) is 6.33. The molecule has 1 unspecified atom stereocenters. The Balaban J connectivity index is 2.05. The molecular formula is C17H20N2O. The molecule has 20 heavy (non-hydrogen) atoms. The summed E-state index contributed by atoms with van der Waals surface area (Å²) in [6, 6.07) is 11.5. The third-order valence-corrected chi connectivity index (χ3v) is 3.37. The van der Waals surface area contributed by atoms with E-state index in [-0.39, 0.29) is 11.9 Å². The molecule has 1 amide bonds. The Labute approximate surface area is 120 Å². The maximum absolute atomic E-state index is 12.2. The van der Waals surface area contributed by atoms with Crippen LogP contribution < -0.4 is 5.32 Å². The standard InChI is InChI=1S/C17H20N2O/c1-12(2)14-6-8-15(9-7-14)17(20)19-13(3)16-5-4-10-18-11-16/h4-13H,1-3H3,(H,19,20). The summed E-state index contributed by atoms with van der Waals surface area (Å²) in [7, 11) is 0. The van der Waals surface area contributed by atoms with Crippen molar-refractivity contribution >= 4 is 5.91 Å². The molecule has 1 aromatic carbocycles. The van der Waals surface area contributed by atoms with E-state index in [4.69, 9.17) is 0 Å². The summed E-state index contributed by atoms with van der Waals surface area (Å²) in [5.41, 5.74) is 2.92. The first kappa shape index (κ1) is 14.3. The summed E-state index contributed by atoms with van der Waals surface area (Å²) < 4.78 is 0. The molecule has 0 spiro atoms. The predicted molar refractivity (Wildman–Crippen MR) is 80.6 cm³/mol. The summed E-state index contributed by atoms with van der Waals surface area (Å²) in [5, 5.41) is 2.98. The molecule has 0 aliphatic rings. The highest BCUT2D eigenvalue weighted by molar-refractivity contribution is 5.94. The van der Waals surface area contributed by atoms with E-state index in [0.717, 1.165) is 5.56 Å². The number of aromatic nitrogens is 1. The molecular weight excluding hydrogens is 248 g/mol. The molecule has 0 saturated carbocycles. The maximum atomic E-state index is 12.2. The van der Waals surface area contributed by atoms with Gasteiger partial charge in [0.15, 0.2) is 0 Å². The number of amides is 1. The predicted octanol–water partition coefficient (Wildman–Crippen LogP) is 3.70. The molecule has 2 rings (SSSR count). The van der Waals surface area contributed by atoms with Crippen LogP contribution in [-0.2, 0) is 0 Å². The number of rotatable bonds is 4. The van der Waals surface area contributed by atoms with Gasteiger partial charge < -0.3 is 5.32 Å². The smallest absolute Gasteiger partial charge is 0.251 e. The fraction of sp³-hybridized carbons (Fsp3) is 0.294. The Morgan fingerprint density at radius 2 is 1.75 bits per heavy atom. The molecule has 0 fully saturated rings. The number of carbonyl (C=O) groups is 1. The van der Waals surface area contributed by atoms with Gasteiger partial charge >= 0.3 is 0 Å². The monoisotopic (exact) mass is 268 g/mol. The van der Waals surface area contributed by atoms with E-state index >= 15 is 0 Å². The molecule has 1 aromatic heterocycles. The fourth-order valence-corrected chi connectivity index (χ4v) is 2.01. The number of nitrogens with one attached hydrogen (secondary N) is 1. The minimum atomic E-state index is -0.0586. The molecule has 3 heteroatoms. The fourth-order valence-electron chi connectivity index (χ4n) is 2.01. The van der Waals surface area contributed by atoms with Crippen LogP contribution in [0, 0.1) is 0 Å². The minimum Gasteiger partial charge on any atom is -0.345 e. The van der Waals surface area contributed by atoms with Gasteiger partial charge in [0.05, 0.1) is 6.04 Å². The first-order valence-corrected chi connectivity index (χ1v) is 6.88. The summed E-state index contributed by atoms with van der Waals surface area (Å²) in [6.07, 6.45) is 3.50. The number of hydrogen-bond acceptors (Lipinski definition) is 2. The van der Waals surface area contributed by atoms with Crippen LogP contribution in [-0.4, -0.2) is 10.9 Å². The Hall–Kier alpha value is -2.16. The van der Waals surface area contributed by atoms with Crippen molar-refractivity contribution in [3.63, 3.8) is 0 Å². The number of hydrogen-bond donors (Lipinski definition) is 1. The second-order valence-electron chi connectivity index (χ2n) is 5.26. The molecule has 0 aliphatic heterocycles. The van der Waals surface area contributed by atoms with Gasteiger partial charge in [-0.25, -0.2) is 0 Å². The highest BCUT2D eigenvalue weighted by atomic mass is 16.1. The molecule has 3 nitrogen and oxygen atoms in total. The third-order valence-electron chi connectivity index (χ3n) is 3.37. The zero-order valence-corrected chi connectivity index (χ0v) is 12.1. The van der Waals surface area contributed by atoms with Crippen LogP contribution in [0.4, 0.5) is 0 Å². The number of benzene rings is 1. The Bertz CT molecular complexity index is 561. The zero-order valence-electron chi connectivity index (χ0n) is 12.1. The zero-order chi connectivity index (χ0) is 14.5. The number of carbonyl (C=O) groups excluding carboxylic acids is 1. The van der Waals surface area contributed by atoms with Crippen LogP contribution in [0.15, 0.2) is 48.8 Å². The maximum Gasteiger partial charge on any atom is 0.251 e. The van der Waals surface area contributed by atoms with Crippen molar-refractivity contribution in [1.82, 2.24) is 10.3 Å². The van der Waals surface area contributed by atoms with Crippen LogP contribution in [0.1, 0.15) is 54.2 Å². The van der Waals surface area contributed by atoms with E-state index in [1.807, 2.05) is 43.3 Å². The van der Waals surface area contributed by atoms with Gasteiger partial charge in [-0.3, -0.25) is 9.78 Å². The van der Waals surface area contributed by atoms with E-state index < -0.39 is 0 Å². The van der Waals surface area contributed by atoms with Gasteiger partial charge in [-0.15, -0.1) is 0 Å². The van der Waals surface area contributed by atoms with Crippen molar-refractivity contribution in [1.29, 1.82) is 0 Å². The summed E-state index contributed by atoms with van der Waals surface area (Å²) in [5.74, 6) is 0.415. The summed E-state index contributed by atoms with van der Waals surface area (Å²) in [6.45, 7) is 6.23. The lowest BCUT2D eigenvalue weighted by atomic mass is 10.0. The van der Waals surface area contributed by atoms with Crippen molar-refractivity contribution in [2.45, 2.75) is 32.7 Å². The Morgan fingerprint density at radius 1 is 1.05 bits per heavy atom. The Morgan fingerprint density at radius 3 is 2.30 bits per heavy atom. The molecule has 1 heterocycles. The molecule has 1 N–H and O–H groups in total. The van der Waals surface area contributed by atoms with Crippen LogP contribution >= 0.6 is 0 Å². The van der Waals surface area contributed by atoms with Crippen molar-refractivity contribution in [2.24, 2.45) is 0 Å². The van der Waals surface area contributed by atoms with E-state index in [2.05, 4.69) is 24.1 Å². The summed E-state index contributed by atoms with van der Waals surface area (Å²) >= 11 is 0. The van der Waals surface area contributed by atoms with Gasteiger partial charge in [0.25, 0.3) is 5.91 Å². The quantitative estimate of drug-likeness (QED) is 0.918. The van der Waals surface area contributed by atoms with E-state index in [1.165, 1.54) is 5.56 Å². The molecule has 2 aromatic rings. The molecule has 0 saturated heterocycles. The van der Waals surface area contributed by atoms with E-state index in [1.54, 1.807) is 12.4 Å².